The molecule has 228 valence electrons. The van der Waals surface area contributed by atoms with Gasteiger partial charge in [0.25, 0.3) is 10.1 Å². The zero-order chi connectivity index (χ0) is 31.4. The molecule has 44 heavy (non-hydrogen) atoms. The van der Waals surface area contributed by atoms with Crippen LogP contribution in [0.5, 0.6) is 11.5 Å². The van der Waals surface area contributed by atoms with Crippen molar-refractivity contribution in [1.29, 1.82) is 0 Å². The van der Waals surface area contributed by atoms with E-state index in [0.717, 1.165) is 23.2 Å². The molecule has 5 aromatic rings. The van der Waals surface area contributed by atoms with E-state index in [9.17, 15) is 13.2 Å². The van der Waals surface area contributed by atoms with E-state index >= 15 is 4.39 Å². The van der Waals surface area contributed by atoms with E-state index in [1.54, 1.807) is 36.5 Å². The van der Waals surface area contributed by atoms with Crippen molar-refractivity contribution in [2.75, 3.05) is 28.5 Å². The first-order valence-corrected chi connectivity index (χ1v) is 15.5. The molecule has 0 aliphatic heterocycles. The minimum absolute atomic E-state index is 0.00313. The Labute approximate surface area is 253 Å². The van der Waals surface area contributed by atoms with Crippen molar-refractivity contribution in [3.63, 3.8) is 0 Å². The van der Waals surface area contributed by atoms with Crippen LogP contribution in [-0.2, 0) is 14.4 Å². The van der Waals surface area contributed by atoms with Crippen LogP contribution in [0.2, 0.25) is 0 Å². The van der Waals surface area contributed by atoms with Gasteiger partial charge in [-0.25, -0.2) is 18.9 Å². The summed E-state index contributed by atoms with van der Waals surface area (Å²) in [5.74, 6) is 0.302. The van der Waals surface area contributed by atoms with E-state index in [2.05, 4.69) is 25.7 Å². The number of urea groups is 1. The molecule has 2 aromatic carbocycles. The molecule has 3 heterocycles. The van der Waals surface area contributed by atoms with Gasteiger partial charge >= 0.3 is 6.03 Å². The highest BCUT2D eigenvalue weighted by Gasteiger charge is 2.27. The number of fused-ring (bicyclic) bond motifs is 1. The number of hydroxylamine groups is 1. The number of amides is 2. The number of pyridine rings is 2. The highest BCUT2D eigenvalue weighted by Crippen LogP contribution is 2.30. The topological polar surface area (TPSA) is 141 Å². The lowest BCUT2D eigenvalue weighted by atomic mass is 10.1. The summed E-state index contributed by atoms with van der Waals surface area (Å²) in [5.41, 5.74) is 1.58. The Hall–Kier alpha value is -5.08. The zero-order valence-electron chi connectivity index (χ0n) is 24.4. The minimum Gasteiger partial charge on any atom is -0.457 e. The third-order valence-corrected chi connectivity index (χ3v) is 6.66. The van der Waals surface area contributed by atoms with Gasteiger partial charge in [0.05, 0.1) is 23.2 Å². The molecule has 0 fully saturated rings. The average Bonchev–Trinajstić information content (AvgIpc) is 3.40. The van der Waals surface area contributed by atoms with Crippen LogP contribution >= 0.6 is 0 Å². The third-order valence-electron chi connectivity index (χ3n) is 6.24. The number of aromatic nitrogens is 4. The van der Waals surface area contributed by atoms with Crippen molar-refractivity contribution in [2.24, 2.45) is 0 Å². The number of nitrogens with zero attached hydrogens (tertiary/aromatic N) is 5. The van der Waals surface area contributed by atoms with Gasteiger partial charge in [0, 0.05) is 42.5 Å². The van der Waals surface area contributed by atoms with Gasteiger partial charge in [-0.3, -0.25) is 10.3 Å². The molecule has 0 saturated heterocycles. The van der Waals surface area contributed by atoms with Gasteiger partial charge in [-0.1, -0.05) is 19.9 Å². The second-order valence-electron chi connectivity index (χ2n) is 10.0. The second-order valence-corrected chi connectivity index (χ2v) is 11.6. The third kappa shape index (κ3) is 7.10. The molecule has 0 unspecified atom stereocenters. The molecule has 0 bridgehead atoms. The standard InChI is InChI=1S/C30H30FN7O5S/c1-5-32-28-17-23(12-14-34-28)42-22-9-11-27(24(31)16-22)38(43-44(4,40)41)30(39)35-29-18-26(19(2)3)36-37(29)21-8-10-25-20(15-21)7-6-13-33-25/h6-19H,5H2,1-4H3,(H,32,34)(H,35,39). The van der Waals surface area contributed by atoms with Gasteiger partial charge in [0.2, 0.25) is 0 Å². The lowest BCUT2D eigenvalue weighted by Gasteiger charge is -2.21. The van der Waals surface area contributed by atoms with Crippen molar-refractivity contribution < 1.29 is 26.6 Å². The number of rotatable bonds is 10. The molecular weight excluding hydrogens is 589 g/mol. The molecule has 0 spiro atoms. The first-order valence-electron chi connectivity index (χ1n) is 13.6. The molecule has 2 amide bonds. The second kappa shape index (κ2) is 12.7. The summed E-state index contributed by atoms with van der Waals surface area (Å²) in [6.45, 7) is 6.45. The normalized spacial score (nSPS) is 11.5. The van der Waals surface area contributed by atoms with Crippen molar-refractivity contribution in [2.45, 2.75) is 26.7 Å². The van der Waals surface area contributed by atoms with Crippen LogP contribution in [-0.4, -0.2) is 47.0 Å². The van der Waals surface area contributed by atoms with Crippen LogP contribution in [0.1, 0.15) is 32.4 Å². The maximum absolute atomic E-state index is 15.5. The van der Waals surface area contributed by atoms with Gasteiger partial charge in [-0.05, 0) is 55.3 Å². The van der Waals surface area contributed by atoms with Crippen LogP contribution in [0.15, 0.2) is 79.1 Å². The Bertz CT molecular complexity index is 1930. The zero-order valence-corrected chi connectivity index (χ0v) is 25.2. The van der Waals surface area contributed by atoms with Crippen LogP contribution in [0.3, 0.4) is 0 Å². The smallest absolute Gasteiger partial charge is 0.353 e. The predicted molar refractivity (Wildman–Crippen MR) is 165 cm³/mol. The van der Waals surface area contributed by atoms with Crippen LogP contribution < -0.4 is 20.4 Å². The lowest BCUT2D eigenvalue weighted by molar-refractivity contribution is 0.225. The van der Waals surface area contributed by atoms with Crippen molar-refractivity contribution >= 4 is 44.4 Å². The summed E-state index contributed by atoms with van der Waals surface area (Å²) in [4.78, 5) is 22.1. The molecule has 0 atom stereocenters. The van der Waals surface area contributed by atoms with Crippen molar-refractivity contribution in [3.05, 3.63) is 90.6 Å². The van der Waals surface area contributed by atoms with Gasteiger partial charge in [-0.15, -0.1) is 9.35 Å². The van der Waals surface area contributed by atoms with Crippen LogP contribution in [0.4, 0.5) is 26.5 Å². The molecule has 0 radical (unpaired) electrons. The number of anilines is 3. The number of carbonyl (C=O) groups excluding carboxylic acids is 1. The molecule has 3 aromatic heterocycles. The predicted octanol–water partition coefficient (Wildman–Crippen LogP) is 6.23. The van der Waals surface area contributed by atoms with Crippen molar-refractivity contribution in [1.82, 2.24) is 19.7 Å². The average molecular weight is 620 g/mol. The fraction of sp³-hybridized carbons (Fsp3) is 0.200. The van der Waals surface area contributed by atoms with Gasteiger partial charge < -0.3 is 10.1 Å². The number of hydrogen-bond donors (Lipinski definition) is 2. The SMILES string of the molecule is CCNc1cc(Oc2ccc(N(OS(C)(=O)=O)C(=O)Nc3cc(C(C)C)nn3-c3ccc4ncccc4c3)c(F)c2)ccn1. The summed E-state index contributed by atoms with van der Waals surface area (Å²) >= 11 is 0. The molecule has 2 N–H and O–H groups in total. The fourth-order valence-electron chi connectivity index (χ4n) is 4.25. The Morgan fingerprint density at radius 2 is 1.82 bits per heavy atom. The first-order chi connectivity index (χ1) is 21.0. The Morgan fingerprint density at radius 3 is 2.55 bits per heavy atom. The Morgan fingerprint density at radius 1 is 1.02 bits per heavy atom. The van der Waals surface area contributed by atoms with E-state index < -0.39 is 27.7 Å². The van der Waals surface area contributed by atoms with E-state index in [-0.39, 0.29) is 17.5 Å². The molecule has 0 aliphatic carbocycles. The van der Waals surface area contributed by atoms with Crippen LogP contribution in [0.25, 0.3) is 16.6 Å². The summed E-state index contributed by atoms with van der Waals surface area (Å²) in [7, 11) is -4.27. The fourth-order valence-corrected chi connectivity index (χ4v) is 4.66. The quantitative estimate of drug-likeness (QED) is 0.174. The Kier molecular flexibility index (Phi) is 8.73. The summed E-state index contributed by atoms with van der Waals surface area (Å²) < 4.78 is 52.0. The van der Waals surface area contributed by atoms with Gasteiger partial charge in [0.1, 0.15) is 28.8 Å². The summed E-state index contributed by atoms with van der Waals surface area (Å²) in [6, 6.07) is 16.5. The molecule has 14 heteroatoms. The molecule has 0 saturated carbocycles. The van der Waals surface area contributed by atoms with E-state index in [1.807, 2.05) is 39.0 Å². The number of benzene rings is 2. The summed E-state index contributed by atoms with van der Waals surface area (Å²) in [6.07, 6.45) is 3.97. The number of hydrogen-bond acceptors (Lipinski definition) is 9. The number of carbonyl (C=O) groups is 1. The highest BCUT2D eigenvalue weighted by molar-refractivity contribution is 7.86. The van der Waals surface area contributed by atoms with Crippen molar-refractivity contribution in [3.8, 4) is 17.2 Å². The monoisotopic (exact) mass is 619 g/mol. The summed E-state index contributed by atoms with van der Waals surface area (Å²) in [5, 5.41) is 11.5. The van der Waals surface area contributed by atoms with Crippen LogP contribution in [0, 0.1) is 5.82 Å². The number of nitrogens with one attached hydrogen (secondary N) is 2. The molecule has 0 aliphatic rings. The van der Waals surface area contributed by atoms with Gasteiger partial charge in [0.15, 0.2) is 5.82 Å². The minimum atomic E-state index is -4.27. The molecule has 12 nitrogen and oxygen atoms in total. The highest BCUT2D eigenvalue weighted by atomic mass is 32.2. The van der Waals surface area contributed by atoms with E-state index in [4.69, 9.17) is 9.02 Å². The van der Waals surface area contributed by atoms with E-state index in [1.165, 1.54) is 23.0 Å². The first kappa shape index (κ1) is 30.4. The maximum atomic E-state index is 15.5. The van der Waals surface area contributed by atoms with E-state index in [0.29, 0.717) is 34.6 Å². The molecule has 5 rings (SSSR count). The largest absolute Gasteiger partial charge is 0.457 e. The van der Waals surface area contributed by atoms with Gasteiger partial charge in [-0.2, -0.15) is 13.5 Å². The number of ether oxygens (including phenoxy) is 1. The number of halogens is 1. The Balaban J connectivity index is 1.46. The lowest BCUT2D eigenvalue weighted by Crippen LogP contribution is -2.38. The maximum Gasteiger partial charge on any atom is 0.353 e. The molecular formula is C30H30FN7O5S.